The zero-order valence-electron chi connectivity index (χ0n) is 9.69. The second-order valence-corrected chi connectivity index (χ2v) is 5.47. The minimum absolute atomic E-state index is 0.449. The summed E-state index contributed by atoms with van der Waals surface area (Å²) in [5.41, 5.74) is 0.449. The summed E-state index contributed by atoms with van der Waals surface area (Å²) in [5.74, 6) is 0. The number of likely N-dealkylation sites (N-methyl/N-ethyl adjacent to an activating group) is 1. The molecule has 0 saturated carbocycles. The summed E-state index contributed by atoms with van der Waals surface area (Å²) >= 11 is 0. The predicted octanol–water partition coefficient (Wildman–Crippen LogP) is -0.727. The molecule has 0 aliphatic carbocycles. The number of rotatable bonds is 3. The van der Waals surface area contributed by atoms with E-state index in [-0.39, 0.29) is 0 Å². The maximum absolute atomic E-state index is 2.39. The molecule has 78 valence electrons. The molecule has 1 heterocycles. The average Bonchev–Trinajstić information content (AvgIpc) is 2.49. The van der Waals surface area contributed by atoms with Crippen molar-refractivity contribution in [2.75, 3.05) is 26.7 Å². The molecule has 0 radical (unpaired) electrons. The van der Waals surface area contributed by atoms with Crippen LogP contribution in [0.1, 0.15) is 33.6 Å². The Kier molecular flexibility index (Phi) is 3.74. The first-order valence-corrected chi connectivity index (χ1v) is 5.67. The lowest BCUT2D eigenvalue weighted by Crippen LogP contribution is -3.14. The third-order valence-electron chi connectivity index (χ3n) is 3.33. The Morgan fingerprint density at radius 1 is 1.23 bits per heavy atom. The molecule has 1 saturated heterocycles. The van der Waals surface area contributed by atoms with Crippen LogP contribution in [0.5, 0.6) is 0 Å². The van der Waals surface area contributed by atoms with E-state index in [4.69, 9.17) is 0 Å². The van der Waals surface area contributed by atoms with Crippen LogP contribution in [0.15, 0.2) is 0 Å². The molecular formula is C11H26N2+2. The van der Waals surface area contributed by atoms with Gasteiger partial charge in [-0.05, 0) is 0 Å². The van der Waals surface area contributed by atoms with Gasteiger partial charge in [-0.1, -0.05) is 20.8 Å². The maximum Gasteiger partial charge on any atom is 0.140 e. The fourth-order valence-corrected chi connectivity index (χ4v) is 2.31. The van der Waals surface area contributed by atoms with Crippen LogP contribution in [-0.2, 0) is 0 Å². The van der Waals surface area contributed by atoms with Crippen molar-refractivity contribution in [1.82, 2.24) is 0 Å². The molecule has 3 N–H and O–H groups in total. The lowest BCUT2D eigenvalue weighted by atomic mass is 9.86. The van der Waals surface area contributed by atoms with Gasteiger partial charge >= 0.3 is 0 Å². The van der Waals surface area contributed by atoms with Gasteiger partial charge in [0.15, 0.2) is 0 Å². The van der Waals surface area contributed by atoms with Crippen molar-refractivity contribution < 1.29 is 10.2 Å². The molecule has 0 aromatic rings. The lowest BCUT2D eigenvalue weighted by molar-refractivity contribution is -0.908. The van der Waals surface area contributed by atoms with Gasteiger partial charge < -0.3 is 10.2 Å². The summed E-state index contributed by atoms with van der Waals surface area (Å²) in [6, 6.07) is 0.778. The molecule has 0 aromatic carbocycles. The molecular weight excluding hydrogens is 160 g/mol. The molecule has 1 rings (SSSR count). The quantitative estimate of drug-likeness (QED) is 0.580. The molecule has 0 bridgehead atoms. The predicted molar refractivity (Wildman–Crippen MR) is 55.9 cm³/mol. The lowest BCUT2D eigenvalue weighted by Gasteiger charge is -2.28. The van der Waals surface area contributed by atoms with E-state index < -0.39 is 0 Å². The van der Waals surface area contributed by atoms with Crippen molar-refractivity contribution in [3.8, 4) is 0 Å². The minimum atomic E-state index is 0.449. The fraction of sp³-hybridized carbons (Fsp3) is 1.00. The van der Waals surface area contributed by atoms with E-state index in [9.17, 15) is 0 Å². The van der Waals surface area contributed by atoms with Crippen LogP contribution in [0.4, 0.5) is 0 Å². The second kappa shape index (κ2) is 4.43. The number of hydrogen-bond acceptors (Lipinski definition) is 0. The summed E-state index contributed by atoms with van der Waals surface area (Å²) in [6.07, 6.45) is 2.88. The number of nitrogens with two attached hydrogens (primary N) is 1. The van der Waals surface area contributed by atoms with Gasteiger partial charge in [-0.2, -0.15) is 0 Å². The van der Waals surface area contributed by atoms with E-state index in [0.29, 0.717) is 5.41 Å². The topological polar surface area (TPSA) is 21.1 Å². The van der Waals surface area contributed by atoms with Crippen molar-refractivity contribution in [1.29, 1.82) is 0 Å². The first kappa shape index (κ1) is 11.0. The SMILES string of the molecule is C[NH2+][C@H](C[NH+]1CCCC1)C(C)(C)C. The van der Waals surface area contributed by atoms with Crippen LogP contribution in [0.25, 0.3) is 0 Å². The fourth-order valence-electron chi connectivity index (χ4n) is 2.31. The molecule has 0 amide bonds. The van der Waals surface area contributed by atoms with Gasteiger partial charge in [0.2, 0.25) is 0 Å². The molecule has 2 heteroatoms. The van der Waals surface area contributed by atoms with E-state index >= 15 is 0 Å². The molecule has 1 atom stereocenters. The third-order valence-corrected chi connectivity index (χ3v) is 3.33. The highest BCUT2D eigenvalue weighted by atomic mass is 15.2. The van der Waals surface area contributed by atoms with Crippen molar-refractivity contribution in [3.05, 3.63) is 0 Å². The van der Waals surface area contributed by atoms with Crippen molar-refractivity contribution in [2.45, 2.75) is 39.7 Å². The van der Waals surface area contributed by atoms with Gasteiger partial charge in [0, 0.05) is 18.3 Å². The summed E-state index contributed by atoms with van der Waals surface area (Å²) in [4.78, 5) is 1.82. The largest absolute Gasteiger partial charge is 0.341 e. The summed E-state index contributed by atoms with van der Waals surface area (Å²) in [6.45, 7) is 11.2. The van der Waals surface area contributed by atoms with E-state index in [1.165, 1.54) is 32.5 Å². The summed E-state index contributed by atoms with van der Waals surface area (Å²) in [5, 5.41) is 2.39. The zero-order chi connectivity index (χ0) is 9.90. The van der Waals surface area contributed by atoms with Crippen LogP contribution >= 0.6 is 0 Å². The highest BCUT2D eigenvalue weighted by Crippen LogP contribution is 2.15. The highest BCUT2D eigenvalue weighted by molar-refractivity contribution is 4.71. The Bertz CT molecular complexity index is 143. The number of likely N-dealkylation sites (tertiary alicyclic amines) is 1. The zero-order valence-corrected chi connectivity index (χ0v) is 9.69. The van der Waals surface area contributed by atoms with Gasteiger partial charge in [-0.25, -0.2) is 0 Å². The first-order valence-electron chi connectivity index (χ1n) is 5.67. The van der Waals surface area contributed by atoms with Crippen LogP contribution < -0.4 is 10.2 Å². The molecule has 2 nitrogen and oxygen atoms in total. The van der Waals surface area contributed by atoms with Gasteiger partial charge in [0.05, 0.1) is 20.1 Å². The number of hydrogen-bond donors (Lipinski definition) is 2. The Hall–Kier alpha value is -0.0800. The van der Waals surface area contributed by atoms with Crippen molar-refractivity contribution in [2.24, 2.45) is 5.41 Å². The van der Waals surface area contributed by atoms with Crippen molar-refractivity contribution >= 4 is 0 Å². The molecule has 0 unspecified atom stereocenters. The molecule has 0 spiro atoms. The molecule has 0 aromatic heterocycles. The van der Waals surface area contributed by atoms with Crippen LogP contribution in [-0.4, -0.2) is 32.7 Å². The van der Waals surface area contributed by atoms with E-state index in [1.54, 1.807) is 0 Å². The Labute approximate surface area is 82.7 Å². The molecule has 1 aliphatic heterocycles. The Morgan fingerprint density at radius 2 is 1.77 bits per heavy atom. The van der Waals surface area contributed by atoms with Gasteiger partial charge in [-0.3, -0.25) is 0 Å². The van der Waals surface area contributed by atoms with E-state index in [0.717, 1.165) is 6.04 Å². The van der Waals surface area contributed by atoms with Crippen molar-refractivity contribution in [3.63, 3.8) is 0 Å². The average molecular weight is 186 g/mol. The van der Waals surface area contributed by atoms with Gasteiger partial charge in [0.25, 0.3) is 0 Å². The summed E-state index contributed by atoms with van der Waals surface area (Å²) < 4.78 is 0. The van der Waals surface area contributed by atoms with E-state index in [1.807, 2.05) is 4.90 Å². The van der Waals surface area contributed by atoms with Crippen LogP contribution in [0.3, 0.4) is 0 Å². The van der Waals surface area contributed by atoms with Gasteiger partial charge in [-0.15, -0.1) is 0 Å². The maximum atomic E-state index is 2.39. The molecule has 1 aliphatic rings. The normalized spacial score (nSPS) is 22.2. The molecule has 13 heavy (non-hydrogen) atoms. The summed E-state index contributed by atoms with van der Waals surface area (Å²) in [7, 11) is 2.21. The van der Waals surface area contributed by atoms with Crippen LogP contribution in [0.2, 0.25) is 0 Å². The number of quaternary nitrogens is 2. The number of nitrogens with one attached hydrogen (secondary N) is 1. The van der Waals surface area contributed by atoms with Gasteiger partial charge in [0.1, 0.15) is 12.6 Å². The monoisotopic (exact) mass is 186 g/mol. The standard InChI is InChI=1S/C11H24N2/c1-11(2,3)10(12-4)9-13-7-5-6-8-13/h10,12H,5-9H2,1-4H3/p+2/t10-/m1/s1. The van der Waals surface area contributed by atoms with E-state index in [2.05, 4.69) is 33.1 Å². The second-order valence-electron chi connectivity index (χ2n) is 5.47. The first-order chi connectivity index (χ1) is 6.04. The minimum Gasteiger partial charge on any atom is -0.341 e. The third kappa shape index (κ3) is 3.28. The Morgan fingerprint density at radius 3 is 2.15 bits per heavy atom. The molecule has 1 fully saturated rings. The van der Waals surface area contributed by atoms with Crippen LogP contribution in [0, 0.1) is 5.41 Å². The Balaban J connectivity index is 2.39. The highest BCUT2D eigenvalue weighted by Gasteiger charge is 2.31. The smallest absolute Gasteiger partial charge is 0.140 e.